The van der Waals surface area contributed by atoms with E-state index in [0.717, 1.165) is 30.7 Å². The fourth-order valence-corrected chi connectivity index (χ4v) is 3.64. The lowest BCUT2D eigenvalue weighted by Gasteiger charge is -2.20. The van der Waals surface area contributed by atoms with Crippen LogP contribution in [-0.4, -0.2) is 25.9 Å². The summed E-state index contributed by atoms with van der Waals surface area (Å²) in [7, 11) is -4.11. The van der Waals surface area contributed by atoms with Crippen molar-refractivity contribution < 1.29 is 28.0 Å². The summed E-state index contributed by atoms with van der Waals surface area (Å²) >= 11 is 0. The largest absolute Gasteiger partial charge is 0.550 e. The number of carbonyl (C=O) groups is 1. The monoisotopic (exact) mass is 407 g/mol. The Labute approximate surface area is 162 Å². The summed E-state index contributed by atoms with van der Waals surface area (Å²) in [6.07, 6.45) is 0.242. The first-order valence-corrected chi connectivity index (χ1v) is 9.90. The molecule has 10 heteroatoms. The van der Waals surface area contributed by atoms with E-state index in [9.17, 15) is 28.4 Å². The smallest absolute Gasteiger partial charge is 0.269 e. The molecule has 0 spiro atoms. The van der Waals surface area contributed by atoms with Crippen LogP contribution >= 0.6 is 0 Å². The van der Waals surface area contributed by atoms with Crippen molar-refractivity contribution in [1.29, 1.82) is 0 Å². The van der Waals surface area contributed by atoms with Crippen LogP contribution in [0.1, 0.15) is 31.4 Å². The van der Waals surface area contributed by atoms with E-state index in [1.165, 1.54) is 0 Å². The zero-order valence-electron chi connectivity index (χ0n) is 15.0. The number of nitro groups is 1. The number of sulfonamides is 1. The van der Waals surface area contributed by atoms with Gasteiger partial charge in [-0.15, -0.1) is 0 Å². The summed E-state index contributed by atoms with van der Waals surface area (Å²) in [5, 5.41) is 21.8. The maximum absolute atomic E-state index is 12.6. The molecular formula is C18H19N2O7S-. The van der Waals surface area contributed by atoms with Gasteiger partial charge in [0.1, 0.15) is 5.75 Å². The number of hydrogen-bond acceptors (Lipinski definition) is 7. The maximum Gasteiger partial charge on any atom is 0.269 e. The third-order valence-corrected chi connectivity index (χ3v) is 5.27. The molecule has 0 amide bonds. The molecule has 0 bridgehead atoms. The molecule has 2 aromatic rings. The number of benzene rings is 2. The number of carboxylic acids is 1. The van der Waals surface area contributed by atoms with Crippen molar-refractivity contribution in [2.75, 3.05) is 6.61 Å². The molecule has 1 N–H and O–H groups in total. The van der Waals surface area contributed by atoms with Crippen molar-refractivity contribution in [2.24, 2.45) is 0 Å². The van der Waals surface area contributed by atoms with E-state index in [2.05, 4.69) is 4.72 Å². The van der Waals surface area contributed by atoms with Crippen molar-refractivity contribution in [3.05, 3.63) is 64.2 Å². The van der Waals surface area contributed by atoms with Crippen molar-refractivity contribution in [3.63, 3.8) is 0 Å². The minimum atomic E-state index is -4.11. The first-order chi connectivity index (χ1) is 13.2. The van der Waals surface area contributed by atoms with Crippen LogP contribution in [0.2, 0.25) is 0 Å². The Morgan fingerprint density at radius 3 is 2.25 bits per heavy atom. The second-order valence-electron chi connectivity index (χ2n) is 5.92. The lowest BCUT2D eigenvalue weighted by molar-refractivity contribution is -0.384. The van der Waals surface area contributed by atoms with Crippen LogP contribution in [0, 0.1) is 10.1 Å². The second-order valence-corrected chi connectivity index (χ2v) is 7.63. The molecule has 0 saturated carbocycles. The molecule has 28 heavy (non-hydrogen) atoms. The molecule has 0 saturated heterocycles. The Kier molecular flexibility index (Phi) is 7.07. The van der Waals surface area contributed by atoms with Gasteiger partial charge >= 0.3 is 0 Å². The number of carboxylic acid groups (broad SMARTS) is 1. The Hall–Kier alpha value is -2.98. The van der Waals surface area contributed by atoms with Crippen molar-refractivity contribution in [2.45, 2.75) is 30.7 Å². The molecule has 1 unspecified atom stereocenters. The third kappa shape index (κ3) is 5.76. The molecule has 0 aliphatic carbocycles. The Morgan fingerprint density at radius 1 is 1.14 bits per heavy atom. The van der Waals surface area contributed by atoms with Crippen LogP contribution in [0.4, 0.5) is 5.69 Å². The number of hydrogen-bond donors (Lipinski definition) is 1. The van der Waals surface area contributed by atoms with Crippen molar-refractivity contribution in [1.82, 2.24) is 4.72 Å². The van der Waals surface area contributed by atoms with Gasteiger partial charge in [-0.3, -0.25) is 10.1 Å². The van der Waals surface area contributed by atoms with Crippen LogP contribution in [0.3, 0.4) is 0 Å². The highest BCUT2D eigenvalue weighted by Crippen LogP contribution is 2.24. The summed E-state index contributed by atoms with van der Waals surface area (Å²) in [6, 6.07) is 9.57. The number of nitro benzene ring substituents is 1. The molecule has 1 atom stereocenters. The molecule has 9 nitrogen and oxygen atoms in total. The van der Waals surface area contributed by atoms with Crippen LogP contribution in [-0.2, 0) is 14.8 Å². The van der Waals surface area contributed by atoms with E-state index in [1.807, 2.05) is 6.92 Å². The summed E-state index contributed by atoms with van der Waals surface area (Å²) in [4.78, 5) is 20.9. The van der Waals surface area contributed by atoms with Crippen molar-refractivity contribution >= 4 is 21.7 Å². The van der Waals surface area contributed by atoms with E-state index in [-0.39, 0.29) is 10.6 Å². The van der Waals surface area contributed by atoms with Gasteiger partial charge in [0.15, 0.2) is 0 Å². The average Bonchev–Trinajstić information content (AvgIpc) is 2.66. The van der Waals surface area contributed by atoms with Gasteiger partial charge in [0, 0.05) is 24.5 Å². The molecule has 0 aromatic heterocycles. The Morgan fingerprint density at radius 2 is 1.75 bits per heavy atom. The van der Waals surface area contributed by atoms with E-state index >= 15 is 0 Å². The predicted molar refractivity (Wildman–Crippen MR) is 98.0 cm³/mol. The molecule has 2 rings (SSSR count). The van der Waals surface area contributed by atoms with Crippen LogP contribution < -0.4 is 14.6 Å². The average molecular weight is 407 g/mol. The minimum absolute atomic E-state index is 0.218. The summed E-state index contributed by atoms with van der Waals surface area (Å²) < 4.78 is 32.9. The van der Waals surface area contributed by atoms with E-state index in [0.29, 0.717) is 17.9 Å². The molecular weight excluding hydrogens is 388 g/mol. The quantitative estimate of drug-likeness (QED) is 0.465. The number of ether oxygens (including phenoxy) is 1. The van der Waals surface area contributed by atoms with E-state index < -0.39 is 33.4 Å². The fourth-order valence-electron chi connectivity index (χ4n) is 2.41. The standard InChI is InChI=1S/C18H20N2O7S/c1-2-11-27-15-7-3-13(4-8-15)17(12-18(21)22)19-28(25,26)16-9-5-14(6-10-16)20(23)24/h3-10,17,19H,2,11-12H2,1H3,(H,21,22)/p-1. The van der Waals surface area contributed by atoms with Gasteiger partial charge in [-0.2, -0.15) is 0 Å². The zero-order valence-corrected chi connectivity index (χ0v) is 15.8. The van der Waals surface area contributed by atoms with Crippen LogP contribution in [0.5, 0.6) is 5.75 Å². The summed E-state index contributed by atoms with van der Waals surface area (Å²) in [6.45, 7) is 2.48. The zero-order chi connectivity index (χ0) is 20.7. The van der Waals surface area contributed by atoms with Gasteiger partial charge in [-0.05, 0) is 36.2 Å². The normalized spacial score (nSPS) is 12.3. The number of rotatable bonds is 10. The number of nitrogens with one attached hydrogen (secondary N) is 1. The lowest BCUT2D eigenvalue weighted by atomic mass is 10.0. The SMILES string of the molecule is CCCOc1ccc(C(CC(=O)[O-])NS(=O)(=O)c2ccc([N+](=O)[O-])cc2)cc1. The van der Waals surface area contributed by atoms with Crippen LogP contribution in [0.15, 0.2) is 53.4 Å². The maximum atomic E-state index is 12.6. The fraction of sp³-hybridized carbons (Fsp3) is 0.278. The third-order valence-electron chi connectivity index (χ3n) is 3.78. The Bertz CT molecular complexity index is 925. The topological polar surface area (TPSA) is 139 Å². The molecule has 0 aliphatic rings. The second kappa shape index (κ2) is 9.29. The van der Waals surface area contributed by atoms with Gasteiger partial charge in [-0.25, -0.2) is 13.1 Å². The van der Waals surface area contributed by atoms with Crippen LogP contribution in [0.25, 0.3) is 0 Å². The van der Waals surface area contributed by atoms with Gasteiger partial charge in [0.05, 0.1) is 22.5 Å². The number of carbonyl (C=O) groups excluding carboxylic acids is 1. The van der Waals surface area contributed by atoms with Gasteiger partial charge in [0.2, 0.25) is 10.0 Å². The first kappa shape index (κ1) is 21.3. The summed E-state index contributed by atoms with van der Waals surface area (Å²) in [5.41, 5.74) is 0.159. The minimum Gasteiger partial charge on any atom is -0.550 e. The highest BCUT2D eigenvalue weighted by Gasteiger charge is 2.22. The van der Waals surface area contributed by atoms with Crippen molar-refractivity contribution in [3.8, 4) is 5.75 Å². The number of non-ortho nitro benzene ring substituents is 1. The molecule has 2 aromatic carbocycles. The molecule has 0 heterocycles. The Balaban J connectivity index is 2.25. The van der Waals surface area contributed by atoms with Gasteiger partial charge in [-0.1, -0.05) is 19.1 Å². The number of nitrogens with zero attached hydrogens (tertiary/aromatic N) is 1. The first-order valence-electron chi connectivity index (χ1n) is 8.42. The molecule has 0 radical (unpaired) electrons. The number of aliphatic carboxylic acids is 1. The van der Waals surface area contributed by atoms with E-state index in [1.54, 1.807) is 24.3 Å². The molecule has 0 aliphatic heterocycles. The van der Waals surface area contributed by atoms with Gasteiger partial charge < -0.3 is 14.6 Å². The molecule has 150 valence electrons. The highest BCUT2D eigenvalue weighted by atomic mass is 32.2. The highest BCUT2D eigenvalue weighted by molar-refractivity contribution is 7.89. The molecule has 0 fully saturated rings. The summed E-state index contributed by atoms with van der Waals surface area (Å²) in [5.74, 6) is -0.848. The predicted octanol–water partition coefficient (Wildman–Crippen LogP) is 1.54. The van der Waals surface area contributed by atoms with E-state index in [4.69, 9.17) is 4.74 Å². The lowest BCUT2D eigenvalue weighted by Crippen LogP contribution is -2.34. The van der Waals surface area contributed by atoms with Gasteiger partial charge in [0.25, 0.3) is 5.69 Å².